The van der Waals surface area contributed by atoms with Crippen LogP contribution >= 0.6 is 0 Å². The van der Waals surface area contributed by atoms with E-state index in [9.17, 15) is 15.0 Å². The Morgan fingerprint density at radius 2 is 1.57 bits per heavy atom. The van der Waals surface area contributed by atoms with Crippen LogP contribution in [0.25, 0.3) is 0 Å². The maximum Gasteiger partial charge on any atom is 0.226 e. The van der Waals surface area contributed by atoms with Crippen LogP contribution in [0.5, 0.6) is 5.75 Å². The Balaban J connectivity index is 1.31. The number of carbonyl (C=O) groups is 1. The molecule has 0 saturated heterocycles. The molecule has 6 rings (SSSR count). The fourth-order valence-electron chi connectivity index (χ4n) is 11.8. The molecule has 4 fully saturated rings. The Labute approximate surface area is 255 Å². The van der Waals surface area contributed by atoms with Crippen LogP contribution in [-0.4, -0.2) is 28.8 Å². The molecule has 232 valence electrons. The number of hydrogen-bond acceptors (Lipinski definition) is 3. The molecule has 1 aromatic carbocycles. The fraction of sp³-hybridized carbons (Fsp3) is 0.763. The summed E-state index contributed by atoms with van der Waals surface area (Å²) in [6.45, 7) is 17.9. The molecular formula is C38H57NO3. The lowest BCUT2D eigenvalue weighted by molar-refractivity contribution is -0.203. The summed E-state index contributed by atoms with van der Waals surface area (Å²) in [5.74, 6) is 2.04. The van der Waals surface area contributed by atoms with Gasteiger partial charge in [-0.3, -0.25) is 4.79 Å². The highest BCUT2D eigenvalue weighted by Crippen LogP contribution is 2.75. The zero-order valence-electron chi connectivity index (χ0n) is 27.5. The van der Waals surface area contributed by atoms with Crippen molar-refractivity contribution < 1.29 is 15.0 Å². The van der Waals surface area contributed by atoms with Crippen molar-refractivity contribution in [2.45, 2.75) is 125 Å². The van der Waals surface area contributed by atoms with E-state index in [1.807, 2.05) is 12.1 Å². The van der Waals surface area contributed by atoms with Gasteiger partial charge in [0.05, 0.1) is 11.5 Å². The topological polar surface area (TPSA) is 69.6 Å². The van der Waals surface area contributed by atoms with E-state index in [1.165, 1.54) is 12.8 Å². The molecule has 1 amide bonds. The molecule has 0 radical (unpaired) electrons. The van der Waals surface area contributed by atoms with E-state index in [-0.39, 0.29) is 50.3 Å². The average molecular weight is 576 g/mol. The Bertz CT molecular complexity index is 1250. The highest BCUT2D eigenvalue weighted by atomic mass is 16.3. The summed E-state index contributed by atoms with van der Waals surface area (Å²) < 4.78 is 0. The Hall–Kier alpha value is -1.81. The number of phenols is 1. The third-order valence-electron chi connectivity index (χ3n) is 14.7. The first-order chi connectivity index (χ1) is 19.6. The van der Waals surface area contributed by atoms with Gasteiger partial charge in [-0.25, -0.2) is 0 Å². The standard InChI is InChI=1S/C38H57NO3/c1-33(2)19-21-38(32(42)39-23-16-25-8-10-26(40)11-9-25)22-20-36(6)27(28(38)24-33)12-13-30-35(5)17-15-31(41)34(3,4)29(35)14-18-37(30,36)7/h8-12,28-31,40-41H,13-24H2,1-7H3,(H,39,42)/t28?,29?,30-,31+,35+,36-,37-,38+/m1/s1. The first-order valence-corrected chi connectivity index (χ1v) is 17.0. The third-order valence-corrected chi connectivity index (χ3v) is 14.7. The number of aliphatic hydroxyl groups is 1. The second-order valence-corrected chi connectivity index (χ2v) is 17.4. The summed E-state index contributed by atoms with van der Waals surface area (Å²) in [6.07, 6.45) is 14.1. The predicted octanol–water partition coefficient (Wildman–Crippen LogP) is 8.21. The second kappa shape index (κ2) is 9.85. The summed E-state index contributed by atoms with van der Waals surface area (Å²) in [5, 5.41) is 24.1. The monoisotopic (exact) mass is 575 g/mol. The summed E-state index contributed by atoms with van der Waals surface area (Å²) in [7, 11) is 0. The first kappa shape index (κ1) is 30.2. The van der Waals surface area contributed by atoms with Gasteiger partial charge in [-0.05, 0) is 133 Å². The lowest BCUT2D eigenvalue weighted by atomic mass is 9.33. The molecule has 1 aromatic rings. The molecule has 8 atom stereocenters. The number of phenolic OH excluding ortho intramolecular Hbond substituents is 1. The minimum Gasteiger partial charge on any atom is -0.508 e. The van der Waals surface area contributed by atoms with Crippen LogP contribution in [0.15, 0.2) is 35.9 Å². The number of aliphatic hydroxyl groups excluding tert-OH is 1. The number of carbonyl (C=O) groups excluding carboxylic acids is 1. The lowest BCUT2D eigenvalue weighted by Gasteiger charge is -2.71. The predicted molar refractivity (Wildman–Crippen MR) is 170 cm³/mol. The van der Waals surface area contributed by atoms with Crippen molar-refractivity contribution in [3.05, 3.63) is 41.5 Å². The van der Waals surface area contributed by atoms with Gasteiger partial charge in [-0.2, -0.15) is 0 Å². The first-order valence-electron chi connectivity index (χ1n) is 17.0. The Kier molecular flexibility index (Phi) is 7.09. The zero-order chi connectivity index (χ0) is 30.3. The number of aromatic hydroxyl groups is 1. The van der Waals surface area contributed by atoms with Gasteiger partial charge in [0.15, 0.2) is 0 Å². The Morgan fingerprint density at radius 3 is 2.29 bits per heavy atom. The van der Waals surface area contributed by atoms with E-state index in [0.29, 0.717) is 24.3 Å². The van der Waals surface area contributed by atoms with Gasteiger partial charge in [0, 0.05) is 6.54 Å². The van der Waals surface area contributed by atoms with Crippen molar-refractivity contribution in [1.82, 2.24) is 5.32 Å². The van der Waals surface area contributed by atoms with Crippen molar-refractivity contribution in [1.29, 1.82) is 0 Å². The van der Waals surface area contributed by atoms with Crippen molar-refractivity contribution >= 4 is 5.91 Å². The molecule has 0 heterocycles. The van der Waals surface area contributed by atoms with Crippen molar-refractivity contribution in [2.75, 3.05) is 6.54 Å². The van der Waals surface area contributed by atoms with Gasteiger partial charge >= 0.3 is 0 Å². The van der Waals surface area contributed by atoms with E-state index < -0.39 is 0 Å². The fourth-order valence-corrected chi connectivity index (χ4v) is 11.8. The molecule has 0 aliphatic heterocycles. The summed E-state index contributed by atoms with van der Waals surface area (Å²) in [4.78, 5) is 14.3. The van der Waals surface area contributed by atoms with Crippen molar-refractivity contribution in [3.63, 3.8) is 0 Å². The zero-order valence-corrected chi connectivity index (χ0v) is 27.5. The van der Waals surface area contributed by atoms with Crippen molar-refractivity contribution in [2.24, 2.45) is 50.2 Å². The highest BCUT2D eigenvalue weighted by molar-refractivity contribution is 5.84. The van der Waals surface area contributed by atoms with Gasteiger partial charge in [-0.15, -0.1) is 0 Å². The quantitative estimate of drug-likeness (QED) is 0.317. The van der Waals surface area contributed by atoms with Gasteiger partial charge in [0.1, 0.15) is 5.75 Å². The van der Waals surface area contributed by atoms with Crippen LogP contribution < -0.4 is 5.32 Å². The summed E-state index contributed by atoms with van der Waals surface area (Å²) >= 11 is 0. The van der Waals surface area contributed by atoms with Crippen LogP contribution in [0.3, 0.4) is 0 Å². The molecule has 2 unspecified atom stereocenters. The highest BCUT2D eigenvalue weighted by Gasteiger charge is 2.69. The molecule has 3 N–H and O–H groups in total. The Morgan fingerprint density at radius 1 is 0.881 bits per heavy atom. The smallest absolute Gasteiger partial charge is 0.226 e. The maximum absolute atomic E-state index is 14.3. The number of amides is 1. The largest absolute Gasteiger partial charge is 0.508 e. The van der Waals surface area contributed by atoms with E-state index in [4.69, 9.17) is 0 Å². The van der Waals surface area contributed by atoms with Crippen LogP contribution in [0.1, 0.15) is 118 Å². The SMILES string of the molecule is CC1(C)CC[C@]2(C(=O)NCCc3ccc(O)cc3)CC[C@]3(C)C(=CC[C@@H]4[C@@]5(C)CC[C@H](O)C(C)(C)C5CC[C@]43C)C2C1. The minimum absolute atomic E-state index is 0.0352. The number of allylic oxidation sites excluding steroid dienone is 2. The number of fused-ring (bicyclic) bond motifs is 7. The van der Waals surface area contributed by atoms with Crippen LogP contribution in [0.2, 0.25) is 0 Å². The van der Waals surface area contributed by atoms with Crippen LogP contribution in [0.4, 0.5) is 0 Å². The van der Waals surface area contributed by atoms with E-state index in [0.717, 1.165) is 63.4 Å². The minimum atomic E-state index is -0.308. The van der Waals surface area contributed by atoms with Gasteiger partial charge < -0.3 is 15.5 Å². The van der Waals surface area contributed by atoms with E-state index in [1.54, 1.807) is 17.7 Å². The molecule has 0 bridgehead atoms. The molecule has 5 aliphatic carbocycles. The second-order valence-electron chi connectivity index (χ2n) is 17.4. The van der Waals surface area contributed by atoms with Gasteiger partial charge in [0.2, 0.25) is 5.91 Å². The summed E-state index contributed by atoms with van der Waals surface area (Å²) in [5.41, 5.74) is 3.22. The van der Waals surface area contributed by atoms with Gasteiger partial charge in [-0.1, -0.05) is 72.2 Å². The lowest BCUT2D eigenvalue weighted by Crippen LogP contribution is -2.65. The molecule has 5 aliphatic rings. The molecule has 0 aromatic heterocycles. The molecule has 42 heavy (non-hydrogen) atoms. The molecule has 4 saturated carbocycles. The summed E-state index contributed by atoms with van der Waals surface area (Å²) in [6, 6.07) is 7.35. The number of nitrogens with one attached hydrogen (secondary N) is 1. The normalized spacial score (nSPS) is 43.6. The van der Waals surface area contributed by atoms with E-state index in [2.05, 4.69) is 59.9 Å². The maximum atomic E-state index is 14.3. The van der Waals surface area contributed by atoms with Gasteiger partial charge in [0.25, 0.3) is 0 Å². The number of benzene rings is 1. The third kappa shape index (κ3) is 4.27. The molecule has 4 nitrogen and oxygen atoms in total. The molecular weight excluding hydrogens is 518 g/mol. The van der Waals surface area contributed by atoms with Crippen LogP contribution in [-0.2, 0) is 11.2 Å². The number of rotatable bonds is 4. The van der Waals surface area contributed by atoms with Crippen molar-refractivity contribution in [3.8, 4) is 5.75 Å². The van der Waals surface area contributed by atoms with Crippen LogP contribution in [0, 0.1) is 50.2 Å². The number of hydrogen-bond donors (Lipinski definition) is 3. The molecule has 0 spiro atoms. The van der Waals surface area contributed by atoms with E-state index >= 15 is 0 Å². The molecule has 4 heteroatoms. The average Bonchev–Trinajstić information content (AvgIpc) is 2.92.